The van der Waals surface area contributed by atoms with Gasteiger partial charge in [0.25, 0.3) is 5.91 Å². The minimum absolute atomic E-state index is 0.0803. The van der Waals surface area contributed by atoms with Crippen molar-refractivity contribution in [2.24, 2.45) is 0 Å². The van der Waals surface area contributed by atoms with Gasteiger partial charge in [-0.3, -0.25) is 9.48 Å². The standard InChI is InChI=1S/C22H24BrClN4O/c1-27(2)12-11-21(17-7-9-20(24)10-8-17)26-22(29)18-5-3-16(4-6-18)14-28-15-19(23)13-25-28/h3-10,13,15,21H,11-12,14H2,1-2H3,(H,26,29). The lowest BCUT2D eigenvalue weighted by molar-refractivity contribution is 0.0932. The van der Waals surface area contributed by atoms with Gasteiger partial charge in [-0.05, 0) is 78.4 Å². The number of rotatable bonds is 8. The fraction of sp³-hybridized carbons (Fsp3) is 0.273. The van der Waals surface area contributed by atoms with Crippen molar-refractivity contribution in [3.8, 4) is 0 Å². The molecular weight excluding hydrogens is 452 g/mol. The van der Waals surface area contributed by atoms with Gasteiger partial charge < -0.3 is 10.2 Å². The van der Waals surface area contributed by atoms with Gasteiger partial charge in [0.2, 0.25) is 0 Å². The molecule has 0 bridgehead atoms. The molecule has 7 heteroatoms. The molecule has 0 aliphatic heterocycles. The average Bonchev–Trinajstić information content (AvgIpc) is 3.11. The van der Waals surface area contributed by atoms with Gasteiger partial charge in [0.05, 0.1) is 23.3 Å². The molecule has 1 amide bonds. The number of carbonyl (C=O) groups excluding carboxylic acids is 1. The quantitative estimate of drug-likeness (QED) is 0.510. The van der Waals surface area contributed by atoms with Gasteiger partial charge in [0.1, 0.15) is 0 Å². The Kier molecular flexibility index (Phi) is 7.47. The average molecular weight is 476 g/mol. The van der Waals surface area contributed by atoms with Crippen LogP contribution in [0.2, 0.25) is 5.02 Å². The summed E-state index contributed by atoms with van der Waals surface area (Å²) in [6.07, 6.45) is 4.49. The maximum atomic E-state index is 12.8. The molecule has 29 heavy (non-hydrogen) atoms. The Morgan fingerprint density at radius 3 is 2.45 bits per heavy atom. The van der Waals surface area contributed by atoms with Crippen molar-refractivity contribution in [3.63, 3.8) is 0 Å². The SMILES string of the molecule is CN(C)CCC(NC(=O)c1ccc(Cn2cc(Br)cn2)cc1)c1ccc(Cl)cc1. The summed E-state index contributed by atoms with van der Waals surface area (Å²) < 4.78 is 2.79. The third kappa shape index (κ3) is 6.42. The molecule has 0 aliphatic rings. The Hall–Kier alpha value is -2.15. The van der Waals surface area contributed by atoms with Crippen LogP contribution in [0, 0.1) is 0 Å². The molecule has 1 N–H and O–H groups in total. The van der Waals surface area contributed by atoms with Crippen LogP contribution in [0.25, 0.3) is 0 Å². The molecule has 152 valence electrons. The lowest BCUT2D eigenvalue weighted by Gasteiger charge is -2.21. The highest BCUT2D eigenvalue weighted by molar-refractivity contribution is 9.10. The molecule has 2 aromatic carbocycles. The molecule has 5 nitrogen and oxygen atoms in total. The Balaban J connectivity index is 1.68. The Labute approximate surface area is 184 Å². The van der Waals surface area contributed by atoms with Crippen molar-refractivity contribution in [1.29, 1.82) is 0 Å². The van der Waals surface area contributed by atoms with E-state index in [1.165, 1.54) is 0 Å². The van der Waals surface area contributed by atoms with Gasteiger partial charge in [-0.25, -0.2) is 0 Å². The molecule has 1 atom stereocenters. The molecule has 3 rings (SSSR count). The van der Waals surface area contributed by atoms with Crippen molar-refractivity contribution < 1.29 is 4.79 Å². The highest BCUT2D eigenvalue weighted by atomic mass is 79.9. The molecule has 0 spiro atoms. The predicted molar refractivity (Wildman–Crippen MR) is 120 cm³/mol. The van der Waals surface area contributed by atoms with Crippen LogP contribution in [-0.2, 0) is 6.54 Å². The minimum Gasteiger partial charge on any atom is -0.345 e. The summed E-state index contributed by atoms with van der Waals surface area (Å²) in [5.41, 5.74) is 2.77. The van der Waals surface area contributed by atoms with Crippen molar-refractivity contribution in [2.45, 2.75) is 19.0 Å². The number of nitrogens with zero attached hydrogens (tertiary/aromatic N) is 3. The maximum absolute atomic E-state index is 12.8. The summed E-state index contributed by atoms with van der Waals surface area (Å²) in [6.45, 7) is 1.52. The van der Waals surface area contributed by atoms with E-state index in [9.17, 15) is 4.79 Å². The van der Waals surface area contributed by atoms with E-state index in [2.05, 4.69) is 31.2 Å². The smallest absolute Gasteiger partial charge is 0.251 e. The second kappa shape index (κ2) is 10.1. The zero-order valence-corrected chi connectivity index (χ0v) is 18.8. The van der Waals surface area contributed by atoms with Crippen LogP contribution in [0.15, 0.2) is 65.4 Å². The van der Waals surface area contributed by atoms with Gasteiger partial charge in [-0.1, -0.05) is 35.9 Å². The summed E-state index contributed by atoms with van der Waals surface area (Å²) in [7, 11) is 4.05. The second-order valence-electron chi connectivity index (χ2n) is 7.22. The van der Waals surface area contributed by atoms with Crippen molar-refractivity contribution in [1.82, 2.24) is 20.0 Å². The van der Waals surface area contributed by atoms with E-state index in [4.69, 9.17) is 11.6 Å². The molecule has 1 heterocycles. The Morgan fingerprint density at radius 2 is 1.86 bits per heavy atom. The number of aromatic nitrogens is 2. The maximum Gasteiger partial charge on any atom is 0.251 e. The summed E-state index contributed by atoms with van der Waals surface area (Å²) in [5, 5.41) is 8.11. The van der Waals surface area contributed by atoms with Crippen LogP contribution < -0.4 is 5.32 Å². The highest BCUT2D eigenvalue weighted by Gasteiger charge is 2.16. The first-order valence-corrected chi connectivity index (χ1v) is 10.6. The lowest BCUT2D eigenvalue weighted by Crippen LogP contribution is -2.31. The number of benzene rings is 2. The van der Waals surface area contributed by atoms with Crippen LogP contribution >= 0.6 is 27.5 Å². The number of carbonyl (C=O) groups is 1. The van der Waals surface area contributed by atoms with Crippen molar-refractivity contribution in [2.75, 3.05) is 20.6 Å². The van der Waals surface area contributed by atoms with E-state index in [-0.39, 0.29) is 11.9 Å². The fourth-order valence-electron chi connectivity index (χ4n) is 3.02. The van der Waals surface area contributed by atoms with E-state index in [1.807, 2.05) is 73.5 Å². The van der Waals surface area contributed by atoms with Crippen molar-refractivity contribution in [3.05, 3.63) is 87.1 Å². The third-order valence-electron chi connectivity index (χ3n) is 4.61. The first-order valence-electron chi connectivity index (χ1n) is 9.38. The minimum atomic E-state index is -0.0860. The largest absolute Gasteiger partial charge is 0.345 e. The zero-order chi connectivity index (χ0) is 20.8. The predicted octanol–water partition coefficient (Wildman–Crippen LogP) is 4.77. The van der Waals surface area contributed by atoms with E-state index < -0.39 is 0 Å². The first-order chi connectivity index (χ1) is 13.9. The Morgan fingerprint density at radius 1 is 1.17 bits per heavy atom. The molecule has 0 saturated heterocycles. The van der Waals surface area contributed by atoms with Crippen LogP contribution in [0.3, 0.4) is 0 Å². The van der Waals surface area contributed by atoms with Gasteiger partial charge in [-0.15, -0.1) is 0 Å². The normalized spacial score (nSPS) is 12.2. The molecule has 0 fully saturated rings. The zero-order valence-electron chi connectivity index (χ0n) is 16.5. The topological polar surface area (TPSA) is 50.2 Å². The summed E-state index contributed by atoms with van der Waals surface area (Å²) in [4.78, 5) is 14.9. The van der Waals surface area contributed by atoms with Gasteiger partial charge in [0, 0.05) is 16.8 Å². The molecule has 0 saturated carbocycles. The number of nitrogens with one attached hydrogen (secondary N) is 1. The molecule has 0 radical (unpaired) electrons. The van der Waals surface area contributed by atoms with Gasteiger partial charge in [0.15, 0.2) is 0 Å². The fourth-order valence-corrected chi connectivity index (χ4v) is 3.47. The van der Waals surface area contributed by atoms with Crippen LogP contribution in [0.1, 0.15) is 33.9 Å². The Bertz CT molecular complexity index is 938. The van der Waals surface area contributed by atoms with Gasteiger partial charge >= 0.3 is 0 Å². The summed E-state index contributed by atoms with van der Waals surface area (Å²) in [5.74, 6) is -0.0860. The number of amides is 1. The van der Waals surface area contributed by atoms with E-state index in [0.717, 1.165) is 28.6 Å². The van der Waals surface area contributed by atoms with Crippen LogP contribution in [-0.4, -0.2) is 41.2 Å². The molecule has 1 aromatic heterocycles. The molecule has 1 unspecified atom stereocenters. The van der Waals surface area contributed by atoms with Gasteiger partial charge in [-0.2, -0.15) is 5.10 Å². The number of halogens is 2. The van der Waals surface area contributed by atoms with E-state index >= 15 is 0 Å². The summed E-state index contributed by atoms with van der Waals surface area (Å²) >= 11 is 9.41. The van der Waals surface area contributed by atoms with E-state index in [1.54, 1.807) is 6.20 Å². The number of hydrogen-bond donors (Lipinski definition) is 1. The lowest BCUT2D eigenvalue weighted by atomic mass is 10.0. The summed E-state index contributed by atoms with van der Waals surface area (Å²) in [6, 6.07) is 15.2. The molecule has 0 aliphatic carbocycles. The van der Waals surface area contributed by atoms with Crippen molar-refractivity contribution >= 4 is 33.4 Å². The molecular formula is C22H24BrClN4O. The monoisotopic (exact) mass is 474 g/mol. The van der Waals surface area contributed by atoms with Crippen LogP contribution in [0.5, 0.6) is 0 Å². The third-order valence-corrected chi connectivity index (χ3v) is 5.27. The highest BCUT2D eigenvalue weighted by Crippen LogP contribution is 2.20. The second-order valence-corrected chi connectivity index (χ2v) is 8.57. The van der Waals surface area contributed by atoms with Crippen LogP contribution in [0.4, 0.5) is 0 Å². The van der Waals surface area contributed by atoms with E-state index in [0.29, 0.717) is 17.1 Å². The molecule has 3 aromatic rings. The number of hydrogen-bond acceptors (Lipinski definition) is 3. The first kappa shape index (κ1) is 21.6.